The molecule has 1 aliphatic rings. The van der Waals surface area contributed by atoms with Gasteiger partial charge in [0, 0.05) is 17.2 Å². The molecule has 0 atom stereocenters. The highest BCUT2D eigenvalue weighted by molar-refractivity contribution is 9.10. The van der Waals surface area contributed by atoms with Crippen LogP contribution in [0.1, 0.15) is 6.42 Å². The Labute approximate surface area is 101 Å². The Kier molecular flexibility index (Phi) is 3.26. The number of nitrogens with zero attached hydrogens (tertiary/aromatic N) is 2. The molecule has 5 heteroatoms. The van der Waals surface area contributed by atoms with Crippen molar-refractivity contribution in [2.24, 2.45) is 0 Å². The van der Waals surface area contributed by atoms with E-state index in [2.05, 4.69) is 20.9 Å². The molecule has 0 radical (unpaired) electrons. The third-order valence-corrected chi connectivity index (χ3v) is 2.91. The minimum absolute atomic E-state index is 0.123. The third kappa shape index (κ3) is 2.49. The van der Waals surface area contributed by atoms with Crippen LogP contribution in [-0.4, -0.2) is 18.1 Å². The molecule has 0 fully saturated rings. The van der Waals surface area contributed by atoms with E-state index in [1.807, 2.05) is 4.90 Å². The fourth-order valence-electron chi connectivity index (χ4n) is 1.52. The lowest BCUT2D eigenvalue weighted by molar-refractivity contribution is 0.573. The number of rotatable bonds is 1. The van der Waals surface area contributed by atoms with E-state index in [1.54, 1.807) is 18.3 Å². The van der Waals surface area contributed by atoms with Crippen LogP contribution in [0.4, 0.5) is 10.2 Å². The summed E-state index contributed by atoms with van der Waals surface area (Å²) in [5.74, 6) is 0.519. The summed E-state index contributed by atoms with van der Waals surface area (Å²) in [7, 11) is 0. The van der Waals surface area contributed by atoms with Gasteiger partial charge >= 0.3 is 0 Å². The van der Waals surface area contributed by atoms with Crippen molar-refractivity contribution in [3.63, 3.8) is 0 Å². The van der Waals surface area contributed by atoms with Gasteiger partial charge in [0.25, 0.3) is 0 Å². The molecule has 0 aliphatic carbocycles. The van der Waals surface area contributed by atoms with Gasteiger partial charge in [0.05, 0.1) is 11.6 Å². The Morgan fingerprint density at radius 1 is 1.53 bits per heavy atom. The second kappa shape index (κ2) is 4.49. The number of anilines is 1. The van der Waals surface area contributed by atoms with Crippen LogP contribution >= 0.6 is 27.5 Å². The van der Waals surface area contributed by atoms with Crippen LogP contribution in [0.3, 0.4) is 0 Å². The summed E-state index contributed by atoms with van der Waals surface area (Å²) in [6, 6.07) is 1.76. The number of halogens is 3. The van der Waals surface area contributed by atoms with Gasteiger partial charge in [0.1, 0.15) is 11.6 Å². The first-order valence-electron chi connectivity index (χ1n) is 4.57. The fourth-order valence-corrected chi connectivity index (χ4v) is 2.27. The number of pyridine rings is 1. The Balaban J connectivity index is 2.26. The van der Waals surface area contributed by atoms with Crippen LogP contribution in [-0.2, 0) is 0 Å². The molecule has 0 amide bonds. The van der Waals surface area contributed by atoms with Gasteiger partial charge in [-0.1, -0.05) is 11.6 Å². The van der Waals surface area contributed by atoms with Crippen molar-refractivity contribution in [2.75, 3.05) is 18.0 Å². The molecule has 2 rings (SSSR count). The van der Waals surface area contributed by atoms with Gasteiger partial charge in [-0.05, 0) is 34.5 Å². The van der Waals surface area contributed by atoms with Gasteiger partial charge in [0.2, 0.25) is 0 Å². The normalized spacial score (nSPS) is 16.5. The van der Waals surface area contributed by atoms with E-state index in [4.69, 9.17) is 11.6 Å². The van der Waals surface area contributed by atoms with E-state index in [0.717, 1.165) is 11.0 Å². The zero-order valence-corrected chi connectivity index (χ0v) is 10.2. The molecule has 0 aromatic carbocycles. The van der Waals surface area contributed by atoms with Crippen LogP contribution in [0.5, 0.6) is 0 Å². The lowest BCUT2D eigenvalue weighted by atomic mass is 10.2. The molecule has 2 nitrogen and oxygen atoms in total. The molecular formula is C10H9BrClFN2. The van der Waals surface area contributed by atoms with Gasteiger partial charge in [-0.2, -0.15) is 0 Å². The van der Waals surface area contributed by atoms with Crippen molar-refractivity contribution >= 4 is 33.3 Å². The Morgan fingerprint density at radius 3 is 3.00 bits per heavy atom. The van der Waals surface area contributed by atoms with Crippen molar-refractivity contribution in [2.45, 2.75) is 6.42 Å². The predicted octanol–water partition coefficient (Wildman–Crippen LogP) is 3.56. The summed E-state index contributed by atoms with van der Waals surface area (Å²) in [4.78, 5) is 6.03. The Bertz CT molecular complexity index is 408. The Hall–Kier alpha value is -0.610. The predicted molar refractivity (Wildman–Crippen MR) is 63.0 cm³/mol. The van der Waals surface area contributed by atoms with Gasteiger partial charge in [-0.15, -0.1) is 0 Å². The smallest absolute Gasteiger partial charge is 0.147 e. The first-order valence-corrected chi connectivity index (χ1v) is 5.74. The first-order chi connectivity index (χ1) is 7.16. The van der Waals surface area contributed by atoms with E-state index in [1.165, 1.54) is 0 Å². The number of aromatic nitrogens is 1. The standard InChI is InChI=1S/C10H9BrClFN2/c11-7-4-9(12)10(14-5-7)15-3-1-2-8(13)6-15/h2,4-5H,1,3,6H2. The van der Waals surface area contributed by atoms with Crippen molar-refractivity contribution in [3.05, 3.63) is 33.7 Å². The summed E-state index contributed by atoms with van der Waals surface area (Å²) >= 11 is 9.32. The molecule has 1 aliphatic heterocycles. The molecule has 2 heterocycles. The van der Waals surface area contributed by atoms with Crippen molar-refractivity contribution in [1.82, 2.24) is 4.98 Å². The molecule has 1 aromatic rings. The van der Waals surface area contributed by atoms with Crippen molar-refractivity contribution < 1.29 is 4.39 Å². The first kappa shape index (κ1) is 10.9. The molecule has 0 bridgehead atoms. The molecule has 15 heavy (non-hydrogen) atoms. The zero-order valence-electron chi connectivity index (χ0n) is 7.88. The van der Waals surface area contributed by atoms with Gasteiger partial charge in [0.15, 0.2) is 0 Å². The van der Waals surface area contributed by atoms with E-state index in [9.17, 15) is 4.39 Å². The van der Waals surface area contributed by atoms with E-state index >= 15 is 0 Å². The highest BCUT2D eigenvalue weighted by Gasteiger charge is 2.16. The minimum atomic E-state index is -0.123. The van der Waals surface area contributed by atoms with Gasteiger partial charge in [-0.3, -0.25) is 0 Å². The van der Waals surface area contributed by atoms with Crippen LogP contribution in [0, 0.1) is 0 Å². The van der Waals surface area contributed by atoms with Gasteiger partial charge < -0.3 is 4.90 Å². The number of hydrogen-bond donors (Lipinski definition) is 0. The summed E-state index contributed by atoms with van der Waals surface area (Å²) < 4.78 is 13.9. The highest BCUT2D eigenvalue weighted by Crippen LogP contribution is 2.28. The molecule has 0 saturated heterocycles. The van der Waals surface area contributed by atoms with E-state index < -0.39 is 0 Å². The lowest BCUT2D eigenvalue weighted by Gasteiger charge is -2.26. The van der Waals surface area contributed by atoms with Crippen LogP contribution in [0.2, 0.25) is 5.02 Å². The van der Waals surface area contributed by atoms with Gasteiger partial charge in [-0.25, -0.2) is 9.37 Å². The SMILES string of the molecule is FC1=CCCN(c2ncc(Br)cc2Cl)C1. The molecule has 80 valence electrons. The third-order valence-electron chi connectivity index (χ3n) is 2.19. The molecule has 1 aromatic heterocycles. The minimum Gasteiger partial charge on any atom is -0.348 e. The molecular weight excluding hydrogens is 282 g/mol. The quantitative estimate of drug-likeness (QED) is 0.786. The summed E-state index contributed by atoms with van der Waals surface area (Å²) in [6.45, 7) is 1.01. The average molecular weight is 292 g/mol. The number of hydrogen-bond acceptors (Lipinski definition) is 2. The summed E-state index contributed by atoms with van der Waals surface area (Å²) in [5.41, 5.74) is 0. The van der Waals surface area contributed by atoms with Crippen LogP contribution in [0.15, 0.2) is 28.6 Å². The molecule has 0 unspecified atom stereocenters. The summed E-state index contributed by atoms with van der Waals surface area (Å²) in [6.07, 6.45) is 3.96. The topological polar surface area (TPSA) is 16.1 Å². The van der Waals surface area contributed by atoms with Crippen LogP contribution < -0.4 is 4.90 Å². The molecule has 0 spiro atoms. The maximum atomic E-state index is 13.1. The molecule has 0 N–H and O–H groups in total. The lowest BCUT2D eigenvalue weighted by Crippen LogP contribution is -2.29. The van der Waals surface area contributed by atoms with Crippen LogP contribution in [0.25, 0.3) is 0 Å². The zero-order chi connectivity index (χ0) is 10.8. The maximum Gasteiger partial charge on any atom is 0.147 e. The maximum absolute atomic E-state index is 13.1. The largest absolute Gasteiger partial charge is 0.348 e. The highest BCUT2D eigenvalue weighted by atomic mass is 79.9. The van der Waals surface area contributed by atoms with Crippen molar-refractivity contribution in [3.8, 4) is 0 Å². The van der Waals surface area contributed by atoms with Crippen molar-refractivity contribution in [1.29, 1.82) is 0 Å². The monoisotopic (exact) mass is 290 g/mol. The van der Waals surface area contributed by atoms with E-state index in [0.29, 0.717) is 17.3 Å². The summed E-state index contributed by atoms with van der Waals surface area (Å²) in [5, 5.41) is 0.541. The molecule has 0 saturated carbocycles. The second-order valence-electron chi connectivity index (χ2n) is 3.32. The average Bonchev–Trinajstić information content (AvgIpc) is 2.17. The van der Waals surface area contributed by atoms with E-state index in [-0.39, 0.29) is 12.4 Å². The Morgan fingerprint density at radius 2 is 2.33 bits per heavy atom. The fraction of sp³-hybridized carbons (Fsp3) is 0.300. The second-order valence-corrected chi connectivity index (χ2v) is 4.64.